The molecule has 10 heteroatoms. The van der Waals surface area contributed by atoms with Gasteiger partial charge in [0.15, 0.2) is 22.5 Å². The molecule has 1 atom stereocenters. The third-order valence-electron chi connectivity index (χ3n) is 6.07. The van der Waals surface area contributed by atoms with Crippen molar-refractivity contribution in [2.24, 2.45) is 0 Å². The van der Waals surface area contributed by atoms with Crippen LogP contribution < -0.4 is 10.2 Å². The minimum Gasteiger partial charge on any atom is -0.394 e. The topological polar surface area (TPSA) is 104 Å². The molecule has 0 saturated heterocycles. The molecule has 2 aromatic rings. The molecule has 8 nitrogen and oxygen atoms in total. The number of halogens is 1. The van der Waals surface area contributed by atoms with Gasteiger partial charge in [0.2, 0.25) is 0 Å². The van der Waals surface area contributed by atoms with Crippen LogP contribution >= 0.6 is 11.6 Å². The molecule has 0 aromatic carbocycles. The van der Waals surface area contributed by atoms with Crippen molar-refractivity contribution in [1.82, 2.24) is 19.9 Å². The average Bonchev–Trinajstić information content (AvgIpc) is 3.11. The van der Waals surface area contributed by atoms with Gasteiger partial charge in [-0.05, 0) is 31.3 Å². The van der Waals surface area contributed by atoms with Crippen molar-refractivity contribution in [2.45, 2.75) is 42.7 Å². The molecular formula is C20H23ClN6O2S. The minimum absolute atomic E-state index is 0.0479. The monoisotopic (exact) mass is 446 g/mol. The van der Waals surface area contributed by atoms with Crippen LogP contribution in [0.2, 0.25) is 5.02 Å². The van der Waals surface area contributed by atoms with Gasteiger partial charge in [0.25, 0.3) is 0 Å². The lowest BCUT2D eigenvalue weighted by Gasteiger charge is -2.42. The van der Waals surface area contributed by atoms with E-state index < -0.39 is 10.8 Å². The summed E-state index contributed by atoms with van der Waals surface area (Å²) in [5, 5.41) is 14.5. The van der Waals surface area contributed by atoms with Crippen LogP contribution in [-0.2, 0) is 17.2 Å². The Balaban J connectivity index is 1.45. The van der Waals surface area contributed by atoms with Gasteiger partial charge >= 0.3 is 0 Å². The Labute approximate surface area is 182 Å². The Kier molecular flexibility index (Phi) is 5.20. The fraction of sp³-hybridized carbons (Fsp3) is 0.500. The molecule has 1 saturated carbocycles. The minimum atomic E-state index is -1.10. The zero-order valence-electron chi connectivity index (χ0n) is 16.5. The van der Waals surface area contributed by atoms with Crippen LogP contribution in [0.5, 0.6) is 0 Å². The quantitative estimate of drug-likeness (QED) is 0.720. The van der Waals surface area contributed by atoms with Crippen LogP contribution in [0.3, 0.4) is 0 Å². The number of fused-ring (bicyclic) bond motifs is 1. The van der Waals surface area contributed by atoms with Crippen LogP contribution in [0, 0.1) is 0 Å². The maximum atomic E-state index is 12.3. The first-order valence-corrected chi connectivity index (χ1v) is 11.9. The second-order valence-corrected chi connectivity index (χ2v) is 9.94. The van der Waals surface area contributed by atoms with Gasteiger partial charge in [0.05, 0.1) is 33.7 Å². The molecule has 2 aliphatic heterocycles. The molecule has 3 aliphatic rings. The lowest BCUT2D eigenvalue weighted by atomic mass is 9.77. The van der Waals surface area contributed by atoms with Crippen LogP contribution in [-0.4, -0.2) is 60.2 Å². The number of nitrogens with one attached hydrogen (secondary N) is 1. The fourth-order valence-electron chi connectivity index (χ4n) is 4.10. The Morgan fingerprint density at radius 3 is 2.67 bits per heavy atom. The highest BCUT2D eigenvalue weighted by atomic mass is 35.5. The summed E-state index contributed by atoms with van der Waals surface area (Å²) >= 11 is 5.89. The van der Waals surface area contributed by atoms with E-state index in [2.05, 4.69) is 26.3 Å². The second-order valence-electron chi connectivity index (χ2n) is 8.01. The number of aliphatic hydroxyl groups excluding tert-OH is 1. The van der Waals surface area contributed by atoms with Gasteiger partial charge in [-0.2, -0.15) is 0 Å². The molecule has 4 heterocycles. The van der Waals surface area contributed by atoms with Gasteiger partial charge in [-0.25, -0.2) is 19.9 Å². The Morgan fingerprint density at radius 1 is 1.23 bits per heavy atom. The summed E-state index contributed by atoms with van der Waals surface area (Å²) in [5.74, 6) is 2.65. The zero-order valence-corrected chi connectivity index (χ0v) is 18.0. The van der Waals surface area contributed by atoms with E-state index in [9.17, 15) is 9.32 Å². The molecule has 2 N–H and O–H groups in total. The Hall–Kier alpha value is -2.10. The summed E-state index contributed by atoms with van der Waals surface area (Å²) < 4.78 is 12.3. The van der Waals surface area contributed by atoms with Crippen molar-refractivity contribution >= 4 is 39.6 Å². The number of hydrogen-bond donors (Lipinski definition) is 2. The summed E-state index contributed by atoms with van der Waals surface area (Å²) in [6.45, 7) is 1.44. The predicted molar refractivity (Wildman–Crippen MR) is 116 cm³/mol. The number of rotatable bonds is 5. The number of aliphatic hydroxyl groups is 1. The highest BCUT2D eigenvalue weighted by Gasteiger charge is 2.38. The molecule has 0 bridgehead atoms. The lowest BCUT2D eigenvalue weighted by molar-refractivity contribution is 0.143. The van der Waals surface area contributed by atoms with E-state index in [1.54, 1.807) is 12.4 Å². The highest BCUT2D eigenvalue weighted by Crippen LogP contribution is 2.38. The van der Waals surface area contributed by atoms with E-state index in [4.69, 9.17) is 21.6 Å². The lowest BCUT2D eigenvalue weighted by Crippen LogP contribution is -2.49. The number of aromatic nitrogens is 4. The molecular weight excluding hydrogens is 424 g/mol. The number of anilines is 2. The first kappa shape index (κ1) is 19.8. The van der Waals surface area contributed by atoms with Crippen LogP contribution in [0.25, 0.3) is 5.57 Å². The highest BCUT2D eigenvalue weighted by molar-refractivity contribution is 7.85. The maximum absolute atomic E-state index is 12.3. The number of hydrogen-bond acceptors (Lipinski definition) is 8. The van der Waals surface area contributed by atoms with Gasteiger partial charge < -0.3 is 15.3 Å². The standard InChI is InChI=1S/C20H23ClN6O2S/c21-14-10-22-16(23-11-14)13-2-7-27(8-3-13)18-17(26-20(12-28)5-1-6-20)25-19-15(24-18)4-9-30(19)29/h2,10-11,28H,1,3-9,12H2,(H,25,26)/t30-/m0/s1. The average molecular weight is 447 g/mol. The van der Waals surface area contributed by atoms with Gasteiger partial charge in [0.1, 0.15) is 0 Å². The zero-order chi connectivity index (χ0) is 20.7. The summed E-state index contributed by atoms with van der Waals surface area (Å²) in [7, 11) is -1.10. The van der Waals surface area contributed by atoms with Crippen molar-refractivity contribution in [2.75, 3.05) is 35.7 Å². The van der Waals surface area contributed by atoms with Gasteiger partial charge in [-0.1, -0.05) is 17.7 Å². The number of nitrogens with zero attached hydrogens (tertiary/aromatic N) is 5. The first-order chi connectivity index (χ1) is 14.6. The number of aryl methyl sites for hydroxylation is 1. The molecule has 0 spiro atoms. The van der Waals surface area contributed by atoms with Crippen LogP contribution in [0.4, 0.5) is 11.6 Å². The molecule has 1 aliphatic carbocycles. The molecule has 0 amide bonds. The predicted octanol–water partition coefficient (Wildman–Crippen LogP) is 2.20. The van der Waals surface area contributed by atoms with E-state index in [0.717, 1.165) is 49.3 Å². The van der Waals surface area contributed by atoms with Crippen molar-refractivity contribution in [1.29, 1.82) is 0 Å². The molecule has 2 aromatic heterocycles. The molecule has 0 radical (unpaired) electrons. The largest absolute Gasteiger partial charge is 0.394 e. The van der Waals surface area contributed by atoms with E-state index in [1.165, 1.54) is 0 Å². The normalized spacial score (nSPS) is 22.3. The van der Waals surface area contributed by atoms with Crippen molar-refractivity contribution < 1.29 is 9.32 Å². The third kappa shape index (κ3) is 3.59. The van der Waals surface area contributed by atoms with Crippen LogP contribution in [0.15, 0.2) is 23.5 Å². The summed E-state index contributed by atoms with van der Waals surface area (Å²) in [6, 6.07) is 0. The molecule has 1 fully saturated rings. The van der Waals surface area contributed by atoms with Gasteiger partial charge in [0, 0.05) is 37.7 Å². The van der Waals surface area contributed by atoms with Crippen molar-refractivity contribution in [3.63, 3.8) is 0 Å². The molecule has 5 rings (SSSR count). The summed E-state index contributed by atoms with van der Waals surface area (Å²) in [5.41, 5.74) is 1.54. The SMILES string of the molecule is O=[S@]1CCc2nc(N3CC=C(c4ncc(Cl)cn4)CC3)c(NC3(CO)CCC3)nc21. The fourth-order valence-corrected chi connectivity index (χ4v) is 5.37. The maximum Gasteiger partial charge on any atom is 0.172 e. The second kappa shape index (κ2) is 7.86. The van der Waals surface area contributed by atoms with E-state index in [0.29, 0.717) is 40.4 Å². The third-order valence-corrected chi connectivity index (χ3v) is 7.59. The van der Waals surface area contributed by atoms with E-state index >= 15 is 0 Å². The molecule has 30 heavy (non-hydrogen) atoms. The van der Waals surface area contributed by atoms with Gasteiger partial charge in [-0.3, -0.25) is 4.21 Å². The smallest absolute Gasteiger partial charge is 0.172 e. The van der Waals surface area contributed by atoms with E-state index in [-0.39, 0.29) is 12.1 Å². The Bertz CT molecular complexity index is 1020. The van der Waals surface area contributed by atoms with Gasteiger partial charge in [-0.15, -0.1) is 0 Å². The molecule has 0 unspecified atom stereocenters. The van der Waals surface area contributed by atoms with Crippen LogP contribution in [0.1, 0.15) is 37.2 Å². The summed E-state index contributed by atoms with van der Waals surface area (Å²) in [4.78, 5) is 20.4. The molecule has 158 valence electrons. The van der Waals surface area contributed by atoms with Crippen molar-refractivity contribution in [3.05, 3.63) is 35.0 Å². The van der Waals surface area contributed by atoms with E-state index in [1.807, 2.05) is 0 Å². The van der Waals surface area contributed by atoms with Crippen molar-refractivity contribution in [3.8, 4) is 0 Å². The first-order valence-electron chi connectivity index (χ1n) is 10.2. The summed E-state index contributed by atoms with van der Waals surface area (Å²) in [6.07, 6.45) is 9.64. The Morgan fingerprint density at radius 2 is 2.03 bits per heavy atom.